The van der Waals surface area contributed by atoms with Crippen LogP contribution in [-0.2, 0) is 14.8 Å². The Morgan fingerprint density at radius 2 is 2.35 bits per heavy atom. The molecule has 0 aliphatic heterocycles. The van der Waals surface area contributed by atoms with Gasteiger partial charge < -0.3 is 4.74 Å². The molecule has 1 aromatic rings. The van der Waals surface area contributed by atoms with E-state index in [1.54, 1.807) is 13.0 Å². The van der Waals surface area contributed by atoms with Crippen LogP contribution in [-0.4, -0.2) is 33.2 Å². The fourth-order valence-electron chi connectivity index (χ4n) is 1.08. The van der Waals surface area contributed by atoms with Gasteiger partial charge in [-0.15, -0.1) is 0 Å². The van der Waals surface area contributed by atoms with Crippen LogP contribution in [0.25, 0.3) is 0 Å². The van der Waals surface area contributed by atoms with Crippen molar-refractivity contribution in [2.75, 3.05) is 13.7 Å². The van der Waals surface area contributed by atoms with Crippen LogP contribution in [0.4, 0.5) is 0 Å². The summed E-state index contributed by atoms with van der Waals surface area (Å²) >= 11 is 0. The number of nitrogens with zero attached hydrogens (tertiary/aromatic N) is 2. The topological polar surface area (TPSA) is 92.1 Å². The second kappa shape index (κ2) is 5.72. The monoisotopic (exact) mass is 255 g/mol. The third-order valence-electron chi connectivity index (χ3n) is 2.13. The predicted molar refractivity (Wildman–Crippen MR) is 60.6 cm³/mol. The summed E-state index contributed by atoms with van der Waals surface area (Å²) in [6, 6.07) is 4.55. The van der Waals surface area contributed by atoms with E-state index in [1.807, 2.05) is 0 Å². The Morgan fingerprint density at radius 1 is 1.65 bits per heavy atom. The molecule has 0 spiro atoms. The first-order valence-corrected chi connectivity index (χ1v) is 6.37. The van der Waals surface area contributed by atoms with Gasteiger partial charge in [-0.25, -0.2) is 18.1 Å². The lowest BCUT2D eigenvalue weighted by atomic mass is 10.4. The highest BCUT2D eigenvalue weighted by Crippen LogP contribution is 2.11. The van der Waals surface area contributed by atoms with Crippen molar-refractivity contribution < 1.29 is 13.2 Å². The maximum absolute atomic E-state index is 11.9. The molecule has 0 bridgehead atoms. The zero-order valence-corrected chi connectivity index (χ0v) is 10.4. The number of methoxy groups -OCH3 is 1. The van der Waals surface area contributed by atoms with Crippen molar-refractivity contribution in [1.82, 2.24) is 9.71 Å². The van der Waals surface area contributed by atoms with Gasteiger partial charge in [0.1, 0.15) is 11.0 Å². The molecule has 0 aliphatic rings. The van der Waals surface area contributed by atoms with E-state index in [9.17, 15) is 8.42 Å². The van der Waals surface area contributed by atoms with Gasteiger partial charge in [-0.3, -0.25) is 0 Å². The van der Waals surface area contributed by atoms with Crippen molar-refractivity contribution >= 4 is 10.0 Å². The molecule has 1 unspecified atom stereocenters. The van der Waals surface area contributed by atoms with Crippen LogP contribution < -0.4 is 4.72 Å². The van der Waals surface area contributed by atoms with Gasteiger partial charge in [-0.1, -0.05) is 0 Å². The van der Waals surface area contributed by atoms with Crippen molar-refractivity contribution in [2.45, 2.75) is 17.9 Å². The summed E-state index contributed by atoms with van der Waals surface area (Å²) in [7, 11) is -2.23. The van der Waals surface area contributed by atoms with Crippen molar-refractivity contribution in [3.8, 4) is 6.07 Å². The number of aromatic nitrogens is 1. The number of hydrogen-bond donors (Lipinski definition) is 1. The second-order valence-electron chi connectivity index (χ2n) is 3.36. The predicted octanol–water partition coefficient (Wildman–Crippen LogP) is 0.266. The van der Waals surface area contributed by atoms with E-state index >= 15 is 0 Å². The normalized spacial score (nSPS) is 13.0. The molecule has 6 nitrogen and oxygen atoms in total. The maximum Gasteiger partial charge on any atom is 0.243 e. The molecule has 17 heavy (non-hydrogen) atoms. The van der Waals surface area contributed by atoms with Crippen LogP contribution in [0.3, 0.4) is 0 Å². The minimum absolute atomic E-state index is 0.120. The van der Waals surface area contributed by atoms with Crippen LogP contribution in [0.15, 0.2) is 23.2 Å². The van der Waals surface area contributed by atoms with Gasteiger partial charge in [0, 0.05) is 19.9 Å². The molecular formula is C10H13N3O3S. The molecule has 92 valence electrons. The number of ether oxygens (including phenoxy) is 1. The smallest absolute Gasteiger partial charge is 0.243 e. The first kappa shape index (κ1) is 13.6. The molecule has 0 fully saturated rings. The highest BCUT2D eigenvalue weighted by atomic mass is 32.2. The summed E-state index contributed by atoms with van der Waals surface area (Å²) in [6.45, 7) is 1.87. The summed E-state index contributed by atoms with van der Waals surface area (Å²) < 4.78 is 31.0. The van der Waals surface area contributed by atoms with Gasteiger partial charge in [0.15, 0.2) is 5.69 Å². The zero-order valence-electron chi connectivity index (χ0n) is 9.54. The Kier molecular flexibility index (Phi) is 4.57. The summed E-state index contributed by atoms with van der Waals surface area (Å²) in [5, 5.41) is 8.78. The number of pyridine rings is 1. The SMILES string of the molecule is COC(C)CNS(=O)(=O)c1cccnc1C#N. The van der Waals surface area contributed by atoms with E-state index in [0.717, 1.165) is 0 Å². The minimum atomic E-state index is -3.72. The quantitative estimate of drug-likeness (QED) is 0.815. The molecular weight excluding hydrogens is 242 g/mol. The summed E-state index contributed by atoms with van der Waals surface area (Å²) in [6.07, 6.45) is 1.13. The molecule has 0 amide bonds. The Balaban J connectivity index is 2.95. The summed E-state index contributed by atoms with van der Waals surface area (Å²) in [4.78, 5) is 3.58. The zero-order chi connectivity index (χ0) is 12.9. The van der Waals surface area contributed by atoms with Gasteiger partial charge in [-0.2, -0.15) is 5.26 Å². The Labute approximate surface area is 100 Å². The number of sulfonamides is 1. The molecule has 1 heterocycles. The van der Waals surface area contributed by atoms with Crippen LogP contribution >= 0.6 is 0 Å². The van der Waals surface area contributed by atoms with Crippen LogP contribution in [0.1, 0.15) is 12.6 Å². The van der Waals surface area contributed by atoms with Gasteiger partial charge >= 0.3 is 0 Å². The summed E-state index contributed by atoms with van der Waals surface area (Å²) in [5.74, 6) is 0. The maximum atomic E-state index is 11.9. The highest BCUT2D eigenvalue weighted by molar-refractivity contribution is 7.89. The lowest BCUT2D eigenvalue weighted by molar-refractivity contribution is 0.122. The van der Waals surface area contributed by atoms with Crippen LogP contribution in [0.2, 0.25) is 0 Å². The number of nitrogens with one attached hydrogen (secondary N) is 1. The molecule has 7 heteroatoms. The standard InChI is InChI=1S/C10H13N3O3S/c1-8(16-2)7-13-17(14,15)10-4-3-5-12-9(10)6-11/h3-5,8,13H,7H2,1-2H3. The van der Waals surface area contributed by atoms with Crippen molar-refractivity contribution in [3.63, 3.8) is 0 Å². The molecule has 1 aromatic heterocycles. The third-order valence-corrected chi connectivity index (χ3v) is 3.58. The highest BCUT2D eigenvalue weighted by Gasteiger charge is 2.19. The van der Waals surface area contributed by atoms with E-state index in [1.165, 1.54) is 25.4 Å². The van der Waals surface area contributed by atoms with Crippen LogP contribution in [0.5, 0.6) is 0 Å². The fraction of sp³-hybridized carbons (Fsp3) is 0.400. The average molecular weight is 255 g/mol. The van der Waals surface area contributed by atoms with Crippen molar-refractivity contribution in [1.29, 1.82) is 5.26 Å². The molecule has 1 rings (SSSR count). The van der Waals surface area contributed by atoms with Gasteiger partial charge in [-0.05, 0) is 19.1 Å². The van der Waals surface area contributed by atoms with E-state index in [4.69, 9.17) is 10.00 Å². The average Bonchev–Trinajstić information content (AvgIpc) is 2.35. The van der Waals surface area contributed by atoms with Crippen molar-refractivity contribution in [3.05, 3.63) is 24.0 Å². The lowest BCUT2D eigenvalue weighted by Gasteiger charge is -2.11. The van der Waals surface area contributed by atoms with Crippen molar-refractivity contribution in [2.24, 2.45) is 0 Å². The molecule has 0 saturated carbocycles. The molecule has 0 aliphatic carbocycles. The fourth-order valence-corrected chi connectivity index (χ4v) is 2.30. The van der Waals surface area contributed by atoms with Gasteiger partial charge in [0.2, 0.25) is 10.0 Å². The Hall–Kier alpha value is -1.49. The first-order chi connectivity index (χ1) is 8.01. The second-order valence-corrected chi connectivity index (χ2v) is 5.10. The van der Waals surface area contributed by atoms with Gasteiger partial charge in [0.05, 0.1) is 6.10 Å². The Morgan fingerprint density at radius 3 is 2.94 bits per heavy atom. The number of rotatable bonds is 5. The molecule has 1 atom stereocenters. The van der Waals surface area contributed by atoms with Crippen LogP contribution in [0, 0.1) is 11.3 Å². The molecule has 0 radical (unpaired) electrons. The molecule has 1 N–H and O–H groups in total. The van der Waals surface area contributed by atoms with E-state index in [2.05, 4.69) is 9.71 Å². The van der Waals surface area contributed by atoms with Gasteiger partial charge in [0.25, 0.3) is 0 Å². The minimum Gasteiger partial charge on any atom is -0.380 e. The number of hydrogen-bond acceptors (Lipinski definition) is 5. The van der Waals surface area contributed by atoms with E-state index in [-0.39, 0.29) is 23.2 Å². The lowest BCUT2D eigenvalue weighted by Crippen LogP contribution is -2.32. The Bertz CT molecular complexity index is 522. The summed E-state index contributed by atoms with van der Waals surface area (Å²) in [5.41, 5.74) is -0.120. The largest absolute Gasteiger partial charge is 0.380 e. The molecule has 0 aromatic carbocycles. The first-order valence-electron chi connectivity index (χ1n) is 4.89. The molecule has 0 saturated heterocycles. The van der Waals surface area contributed by atoms with E-state index in [0.29, 0.717) is 0 Å². The van der Waals surface area contributed by atoms with E-state index < -0.39 is 10.0 Å². The third kappa shape index (κ3) is 3.49. The number of nitriles is 1.